The van der Waals surface area contributed by atoms with Gasteiger partial charge in [-0.15, -0.1) is 0 Å². The van der Waals surface area contributed by atoms with Crippen LogP contribution >= 0.6 is 0 Å². The molecule has 0 bridgehead atoms. The second-order valence-corrected chi connectivity index (χ2v) is 14.6. The number of rotatable bonds is 3. The number of hydrogen-bond donors (Lipinski definition) is 1. The average Bonchev–Trinajstić information content (AvgIpc) is 2.58. The van der Waals surface area contributed by atoms with E-state index in [1.165, 1.54) is 0 Å². The van der Waals surface area contributed by atoms with Gasteiger partial charge < -0.3 is 5.11 Å². The fourth-order valence-electron chi connectivity index (χ4n) is 2.31. The fourth-order valence-corrected chi connectivity index (χ4v) is 12.3. The number of benzene rings is 3. The first kappa shape index (κ1) is 17.4. The summed E-state index contributed by atoms with van der Waals surface area (Å²) in [5, 5.41) is 7.42. The molecule has 3 aromatic rings. The SMILES string of the molecule is CC(=O)O.c1cc[c]([Pb]([c]2ccccc2)[c]2ccccc2)cc1. The van der Waals surface area contributed by atoms with Crippen molar-refractivity contribution in [3.8, 4) is 0 Å². The molecular weight excluding hydrogens is 479 g/mol. The maximum absolute atomic E-state index is 9.00. The first-order valence-corrected chi connectivity index (χ1v) is 13.2. The van der Waals surface area contributed by atoms with Crippen LogP contribution in [0.25, 0.3) is 0 Å². The molecule has 0 heterocycles. The zero-order chi connectivity index (χ0) is 16.5. The Bertz CT molecular complexity index is 614. The number of carboxylic acids is 1. The van der Waals surface area contributed by atoms with Gasteiger partial charge in [-0.25, -0.2) is 0 Å². The number of aliphatic carboxylic acids is 1. The van der Waals surface area contributed by atoms with Gasteiger partial charge in [-0.2, -0.15) is 0 Å². The normalized spacial score (nSPS) is 9.83. The van der Waals surface area contributed by atoms with Gasteiger partial charge in [-0.1, -0.05) is 0 Å². The van der Waals surface area contributed by atoms with E-state index in [0.29, 0.717) is 0 Å². The zero-order valence-electron chi connectivity index (χ0n) is 13.0. The summed E-state index contributed by atoms with van der Waals surface area (Å²) in [6, 6.07) is 33.0. The molecule has 0 unspecified atom stereocenters. The Balaban J connectivity index is 0.000000433. The Morgan fingerprint density at radius 3 is 1.09 bits per heavy atom. The van der Waals surface area contributed by atoms with Crippen LogP contribution in [0.1, 0.15) is 6.92 Å². The van der Waals surface area contributed by atoms with Crippen LogP contribution < -0.4 is 9.37 Å². The Labute approximate surface area is 145 Å². The zero-order valence-corrected chi connectivity index (χ0v) is 16.9. The predicted molar refractivity (Wildman–Crippen MR) is 97.3 cm³/mol. The molecule has 1 N–H and O–H groups in total. The quantitative estimate of drug-likeness (QED) is 0.563. The second-order valence-electron chi connectivity index (χ2n) is 4.99. The van der Waals surface area contributed by atoms with Crippen LogP contribution in [0.4, 0.5) is 0 Å². The van der Waals surface area contributed by atoms with Crippen LogP contribution in [-0.2, 0) is 4.79 Å². The van der Waals surface area contributed by atoms with E-state index in [4.69, 9.17) is 9.90 Å². The molecule has 0 aliphatic carbocycles. The summed E-state index contributed by atoms with van der Waals surface area (Å²) < 4.78 is 4.64. The monoisotopic (exact) mass is 499 g/mol. The van der Waals surface area contributed by atoms with Gasteiger partial charge in [0.05, 0.1) is 0 Å². The average molecular weight is 499 g/mol. The van der Waals surface area contributed by atoms with Gasteiger partial charge in [0, 0.05) is 6.92 Å². The minimum absolute atomic E-state index is 0.833. The molecule has 0 aliphatic heterocycles. The summed E-state index contributed by atoms with van der Waals surface area (Å²) in [7, 11) is 0. The van der Waals surface area contributed by atoms with E-state index in [2.05, 4.69) is 91.0 Å². The third kappa shape index (κ3) is 5.64. The van der Waals surface area contributed by atoms with Crippen LogP contribution in [-0.4, -0.2) is 33.8 Å². The van der Waals surface area contributed by atoms with Gasteiger partial charge in [-0.3, -0.25) is 4.79 Å². The van der Waals surface area contributed by atoms with Crippen molar-refractivity contribution < 1.29 is 9.90 Å². The summed E-state index contributed by atoms with van der Waals surface area (Å²) in [4.78, 5) is 9.00. The van der Waals surface area contributed by atoms with Crippen molar-refractivity contribution in [3.63, 3.8) is 0 Å². The molecule has 3 heteroatoms. The van der Waals surface area contributed by atoms with Gasteiger partial charge in [0.25, 0.3) is 5.97 Å². The molecule has 0 amide bonds. The van der Waals surface area contributed by atoms with Crippen molar-refractivity contribution in [2.45, 2.75) is 6.92 Å². The van der Waals surface area contributed by atoms with Crippen molar-refractivity contribution in [1.29, 1.82) is 0 Å². The standard InChI is InChI=1S/3C6H5.C2H4O2.Pb/c3*1-2-4-6-5-3-1;1-2(3)4;/h3*1-5H;1H3,(H,3,4);. The summed E-state index contributed by atoms with van der Waals surface area (Å²) >= 11 is -2.17. The Kier molecular flexibility index (Phi) is 7.00. The number of hydrogen-bond acceptors (Lipinski definition) is 1. The molecule has 3 aromatic carbocycles. The van der Waals surface area contributed by atoms with Crippen molar-refractivity contribution in [3.05, 3.63) is 91.0 Å². The Hall–Kier alpha value is -1.95. The molecule has 0 saturated heterocycles. The molecule has 0 aliphatic rings. The first-order valence-electron chi connectivity index (χ1n) is 7.41. The molecule has 115 valence electrons. The van der Waals surface area contributed by atoms with Gasteiger partial charge >= 0.3 is 123 Å². The van der Waals surface area contributed by atoms with Crippen LogP contribution in [0.5, 0.6) is 0 Å². The van der Waals surface area contributed by atoms with E-state index in [9.17, 15) is 0 Å². The van der Waals surface area contributed by atoms with E-state index in [-0.39, 0.29) is 0 Å². The van der Waals surface area contributed by atoms with E-state index in [1.54, 1.807) is 9.37 Å². The van der Waals surface area contributed by atoms with Gasteiger partial charge in [0.15, 0.2) is 0 Å². The van der Waals surface area contributed by atoms with Gasteiger partial charge in [0.1, 0.15) is 0 Å². The molecule has 0 spiro atoms. The minimum atomic E-state index is -2.17. The summed E-state index contributed by atoms with van der Waals surface area (Å²) in [6.07, 6.45) is 0. The van der Waals surface area contributed by atoms with Crippen molar-refractivity contribution >= 4 is 38.0 Å². The molecule has 23 heavy (non-hydrogen) atoms. The number of carbonyl (C=O) groups is 1. The van der Waals surface area contributed by atoms with Crippen molar-refractivity contribution in [2.75, 3.05) is 0 Å². The molecular formula is C20H19O2Pb. The predicted octanol–water partition coefficient (Wildman–Crippen LogP) is 2.29. The maximum atomic E-state index is 9.00. The van der Waals surface area contributed by atoms with Crippen LogP contribution in [0.15, 0.2) is 91.0 Å². The second kappa shape index (κ2) is 9.25. The topological polar surface area (TPSA) is 37.3 Å². The first-order chi connectivity index (χ1) is 11.2. The van der Waals surface area contributed by atoms with Crippen molar-refractivity contribution in [1.82, 2.24) is 0 Å². The van der Waals surface area contributed by atoms with E-state index in [1.807, 2.05) is 0 Å². The molecule has 0 fully saturated rings. The fraction of sp³-hybridized carbons (Fsp3) is 0.0500. The van der Waals surface area contributed by atoms with Crippen molar-refractivity contribution in [2.24, 2.45) is 0 Å². The van der Waals surface area contributed by atoms with E-state index >= 15 is 0 Å². The summed E-state index contributed by atoms with van der Waals surface area (Å²) in [5.74, 6) is -0.833. The number of carboxylic acid groups (broad SMARTS) is 1. The van der Waals surface area contributed by atoms with Crippen LogP contribution in [0.3, 0.4) is 0 Å². The molecule has 3 rings (SSSR count). The van der Waals surface area contributed by atoms with Gasteiger partial charge in [-0.05, 0) is 0 Å². The molecule has 0 saturated carbocycles. The van der Waals surface area contributed by atoms with E-state index < -0.39 is 28.7 Å². The van der Waals surface area contributed by atoms with E-state index in [0.717, 1.165) is 6.92 Å². The molecule has 2 nitrogen and oxygen atoms in total. The van der Waals surface area contributed by atoms with Crippen LogP contribution in [0.2, 0.25) is 0 Å². The third-order valence-corrected chi connectivity index (χ3v) is 13.8. The van der Waals surface area contributed by atoms with Crippen LogP contribution in [0, 0.1) is 0 Å². The third-order valence-electron chi connectivity index (χ3n) is 3.19. The summed E-state index contributed by atoms with van der Waals surface area (Å²) in [5.41, 5.74) is 0. The van der Waals surface area contributed by atoms with Gasteiger partial charge in [0.2, 0.25) is 0 Å². The molecule has 0 atom stereocenters. The summed E-state index contributed by atoms with van der Waals surface area (Å²) in [6.45, 7) is 1.08. The Morgan fingerprint density at radius 1 is 0.652 bits per heavy atom. The molecule has 0 aromatic heterocycles. The molecule has 1 radical (unpaired) electrons. The Morgan fingerprint density at radius 2 is 0.870 bits per heavy atom.